The van der Waals surface area contributed by atoms with E-state index in [1.807, 2.05) is 12.1 Å². The van der Waals surface area contributed by atoms with Crippen molar-refractivity contribution in [3.8, 4) is 16.9 Å². The molecule has 0 spiro atoms. The fourth-order valence-electron chi connectivity index (χ4n) is 3.52. The van der Waals surface area contributed by atoms with Gasteiger partial charge in [0.15, 0.2) is 0 Å². The number of hydrogen-bond donors (Lipinski definition) is 3. The van der Waals surface area contributed by atoms with Gasteiger partial charge in [-0.2, -0.15) is 4.72 Å². The fraction of sp³-hybridized carbons (Fsp3) is 0.231. The third-order valence-electron chi connectivity index (χ3n) is 5.54. The number of ether oxygens (including phenoxy) is 1. The predicted molar refractivity (Wildman–Crippen MR) is 143 cm³/mol. The summed E-state index contributed by atoms with van der Waals surface area (Å²) in [5.41, 5.74) is 2.27. The van der Waals surface area contributed by atoms with Gasteiger partial charge in [-0.05, 0) is 65.9 Å². The molecule has 11 heteroatoms. The van der Waals surface area contributed by atoms with Crippen LogP contribution in [0.4, 0.5) is 0 Å². The zero-order chi connectivity index (χ0) is 27.0. The van der Waals surface area contributed by atoms with Crippen LogP contribution in [0.15, 0.2) is 71.6 Å². The van der Waals surface area contributed by atoms with Crippen molar-refractivity contribution in [2.75, 3.05) is 13.7 Å². The number of carboxylic acids is 1. The number of amides is 1. The summed E-state index contributed by atoms with van der Waals surface area (Å²) in [7, 11) is -2.56. The second kappa shape index (κ2) is 12.9. The summed E-state index contributed by atoms with van der Waals surface area (Å²) in [6.45, 7) is 0.175. The van der Waals surface area contributed by atoms with E-state index in [4.69, 9.17) is 27.9 Å². The Balaban J connectivity index is 1.53. The molecule has 0 unspecified atom stereocenters. The summed E-state index contributed by atoms with van der Waals surface area (Å²) in [6, 6.07) is 16.8. The van der Waals surface area contributed by atoms with Gasteiger partial charge in [0.25, 0.3) is 0 Å². The normalized spacial score (nSPS) is 12.1. The number of carbonyl (C=O) groups is 2. The van der Waals surface area contributed by atoms with Crippen LogP contribution in [-0.4, -0.2) is 45.1 Å². The summed E-state index contributed by atoms with van der Waals surface area (Å²) in [5.74, 6) is -1.02. The topological polar surface area (TPSA) is 122 Å². The highest BCUT2D eigenvalue weighted by molar-refractivity contribution is 7.89. The first-order chi connectivity index (χ1) is 17.6. The number of carboxylic acid groups (broad SMARTS) is 1. The molecule has 0 aliphatic heterocycles. The highest BCUT2D eigenvalue weighted by atomic mass is 35.5. The fourth-order valence-corrected chi connectivity index (χ4v) is 5.11. The number of hydrogen-bond acceptors (Lipinski definition) is 5. The summed E-state index contributed by atoms with van der Waals surface area (Å²) >= 11 is 12.1. The number of carbonyl (C=O) groups excluding carboxylic acids is 1. The molecule has 0 saturated heterocycles. The van der Waals surface area contributed by atoms with Crippen LogP contribution in [0.3, 0.4) is 0 Å². The van der Waals surface area contributed by atoms with Crippen molar-refractivity contribution in [3.05, 3.63) is 82.3 Å². The van der Waals surface area contributed by atoms with Gasteiger partial charge in [0.1, 0.15) is 11.8 Å². The molecule has 0 bridgehead atoms. The largest absolute Gasteiger partial charge is 0.497 e. The summed E-state index contributed by atoms with van der Waals surface area (Å²) in [4.78, 5) is 23.9. The number of sulfonamides is 1. The SMILES string of the molecule is COc1ccc(CC(=O)NCCC[C@H](NS(=O)(=O)c2ccc(-c3ccc(Cl)cc3)cc2)C(=O)O)c(Cl)c1. The Hall–Kier alpha value is -3.11. The lowest BCUT2D eigenvalue weighted by molar-refractivity contribution is -0.139. The number of aliphatic carboxylic acids is 1. The monoisotopic (exact) mass is 564 g/mol. The third-order valence-corrected chi connectivity index (χ3v) is 7.63. The van der Waals surface area contributed by atoms with Gasteiger partial charge < -0.3 is 15.2 Å². The number of benzene rings is 3. The molecular weight excluding hydrogens is 539 g/mol. The van der Waals surface area contributed by atoms with Gasteiger partial charge in [-0.3, -0.25) is 9.59 Å². The van der Waals surface area contributed by atoms with Crippen molar-refractivity contribution in [2.24, 2.45) is 0 Å². The van der Waals surface area contributed by atoms with E-state index in [9.17, 15) is 23.1 Å². The molecule has 196 valence electrons. The van der Waals surface area contributed by atoms with E-state index in [0.717, 1.165) is 11.1 Å². The molecule has 0 aromatic heterocycles. The second-order valence-electron chi connectivity index (χ2n) is 8.17. The van der Waals surface area contributed by atoms with E-state index in [1.165, 1.54) is 19.2 Å². The van der Waals surface area contributed by atoms with E-state index in [-0.39, 0.29) is 36.6 Å². The molecule has 0 aliphatic carbocycles. The Bertz CT molecular complexity index is 1350. The molecule has 8 nitrogen and oxygen atoms in total. The Morgan fingerprint density at radius 2 is 1.59 bits per heavy atom. The molecular formula is C26H26Cl2N2O6S. The van der Waals surface area contributed by atoms with Crippen LogP contribution in [0.1, 0.15) is 18.4 Å². The third kappa shape index (κ3) is 8.19. The summed E-state index contributed by atoms with van der Waals surface area (Å²) < 4.78 is 32.9. The quantitative estimate of drug-likeness (QED) is 0.277. The van der Waals surface area contributed by atoms with Gasteiger partial charge in [-0.1, -0.05) is 53.5 Å². The molecule has 0 saturated carbocycles. The summed E-state index contributed by atoms with van der Waals surface area (Å²) in [6.07, 6.45) is 0.280. The van der Waals surface area contributed by atoms with Gasteiger partial charge in [0, 0.05) is 16.6 Å². The van der Waals surface area contributed by atoms with Crippen molar-refractivity contribution in [1.82, 2.24) is 10.0 Å². The van der Waals surface area contributed by atoms with Gasteiger partial charge in [-0.25, -0.2) is 8.42 Å². The second-order valence-corrected chi connectivity index (χ2v) is 10.7. The maximum absolute atomic E-state index is 12.8. The van der Waals surface area contributed by atoms with E-state index < -0.39 is 22.0 Å². The molecule has 3 rings (SSSR count). The predicted octanol–water partition coefficient (Wildman–Crippen LogP) is 4.54. The van der Waals surface area contributed by atoms with Crippen LogP contribution in [0.5, 0.6) is 5.75 Å². The standard InChI is InChI=1S/C26H26Cl2N2O6S/c1-36-21-11-6-19(23(28)16-21)15-25(31)29-14-2-3-24(26(32)33)30-37(34,35)22-12-7-18(8-13-22)17-4-9-20(27)10-5-17/h4-13,16,24,30H,2-3,14-15H2,1H3,(H,29,31)(H,32,33)/t24-/m0/s1. The molecule has 0 radical (unpaired) electrons. The van der Waals surface area contributed by atoms with Crippen molar-refractivity contribution >= 4 is 45.1 Å². The zero-order valence-corrected chi connectivity index (χ0v) is 22.2. The lowest BCUT2D eigenvalue weighted by atomic mass is 10.1. The molecule has 3 aromatic rings. The van der Waals surface area contributed by atoms with E-state index in [1.54, 1.807) is 42.5 Å². The van der Waals surface area contributed by atoms with E-state index in [2.05, 4.69) is 10.0 Å². The first-order valence-corrected chi connectivity index (χ1v) is 13.5. The van der Waals surface area contributed by atoms with Crippen molar-refractivity contribution in [3.63, 3.8) is 0 Å². The molecule has 0 fully saturated rings. The Labute approximate surface area is 225 Å². The zero-order valence-electron chi connectivity index (χ0n) is 19.9. The van der Waals surface area contributed by atoms with Crippen LogP contribution in [0.2, 0.25) is 10.0 Å². The first-order valence-electron chi connectivity index (χ1n) is 11.3. The number of methoxy groups -OCH3 is 1. The molecule has 3 aromatic carbocycles. The van der Waals surface area contributed by atoms with Crippen LogP contribution in [0.25, 0.3) is 11.1 Å². The Kier molecular flexibility index (Phi) is 9.93. The minimum Gasteiger partial charge on any atom is -0.497 e. The Morgan fingerprint density at radius 1 is 0.973 bits per heavy atom. The minimum absolute atomic E-state index is 0.0129. The van der Waals surface area contributed by atoms with Gasteiger partial charge in [0.2, 0.25) is 15.9 Å². The van der Waals surface area contributed by atoms with E-state index in [0.29, 0.717) is 21.4 Å². The molecule has 0 heterocycles. The maximum Gasteiger partial charge on any atom is 0.321 e. The van der Waals surface area contributed by atoms with Gasteiger partial charge in [-0.15, -0.1) is 0 Å². The first kappa shape index (κ1) is 28.5. The van der Waals surface area contributed by atoms with Crippen molar-refractivity contribution < 1.29 is 27.9 Å². The van der Waals surface area contributed by atoms with Crippen LogP contribution in [0, 0.1) is 0 Å². The average molecular weight is 565 g/mol. The molecule has 1 atom stereocenters. The highest BCUT2D eigenvalue weighted by Gasteiger charge is 2.25. The number of rotatable bonds is 12. The van der Waals surface area contributed by atoms with Gasteiger partial charge >= 0.3 is 5.97 Å². The lowest BCUT2D eigenvalue weighted by Gasteiger charge is -2.15. The maximum atomic E-state index is 12.8. The molecule has 37 heavy (non-hydrogen) atoms. The molecule has 1 amide bonds. The average Bonchev–Trinajstić information content (AvgIpc) is 2.87. The van der Waals surface area contributed by atoms with E-state index >= 15 is 0 Å². The van der Waals surface area contributed by atoms with Crippen LogP contribution < -0.4 is 14.8 Å². The smallest absolute Gasteiger partial charge is 0.321 e. The lowest BCUT2D eigenvalue weighted by Crippen LogP contribution is -2.41. The van der Waals surface area contributed by atoms with Crippen molar-refractivity contribution in [1.29, 1.82) is 0 Å². The summed E-state index contributed by atoms with van der Waals surface area (Å²) in [5, 5.41) is 13.2. The van der Waals surface area contributed by atoms with Crippen molar-refractivity contribution in [2.45, 2.75) is 30.2 Å². The number of halogens is 2. The highest BCUT2D eigenvalue weighted by Crippen LogP contribution is 2.24. The number of nitrogens with one attached hydrogen (secondary N) is 2. The molecule has 3 N–H and O–H groups in total. The minimum atomic E-state index is -4.08. The Morgan fingerprint density at radius 3 is 2.16 bits per heavy atom. The van der Waals surface area contributed by atoms with Crippen LogP contribution >= 0.6 is 23.2 Å². The van der Waals surface area contributed by atoms with Gasteiger partial charge in [0.05, 0.1) is 18.4 Å². The molecule has 0 aliphatic rings. The van der Waals surface area contributed by atoms with Crippen LogP contribution in [-0.2, 0) is 26.0 Å².